The minimum Gasteiger partial charge on any atom is -0.372 e. The van der Waals surface area contributed by atoms with Crippen molar-refractivity contribution in [3.8, 4) is 0 Å². The van der Waals surface area contributed by atoms with E-state index >= 15 is 0 Å². The van der Waals surface area contributed by atoms with Gasteiger partial charge in [0.2, 0.25) is 0 Å². The smallest absolute Gasteiger partial charge is 0.282 e. The molecule has 1 heterocycles. The number of anilines is 1. The van der Waals surface area contributed by atoms with Crippen LogP contribution in [0.15, 0.2) is 15.5 Å². The Morgan fingerprint density at radius 3 is 2.71 bits per heavy atom. The molecule has 0 atom stereocenters. The molecular weight excluding hydrogens is 284 g/mol. The molecule has 0 amide bonds. The van der Waals surface area contributed by atoms with Crippen LogP contribution in [0.4, 0.5) is 5.69 Å². The average Bonchev–Trinajstić information content (AvgIpc) is 2.25. The molecule has 0 aliphatic rings. The fourth-order valence-corrected chi connectivity index (χ4v) is 2.22. The lowest BCUT2D eigenvalue weighted by Crippen LogP contribution is -2.37. The van der Waals surface area contributed by atoms with E-state index < -0.39 is 0 Å². The van der Waals surface area contributed by atoms with E-state index in [9.17, 15) is 4.79 Å². The molecule has 0 radical (unpaired) electrons. The van der Waals surface area contributed by atoms with E-state index in [2.05, 4.69) is 34.9 Å². The highest BCUT2D eigenvalue weighted by molar-refractivity contribution is 9.10. The van der Waals surface area contributed by atoms with Crippen molar-refractivity contribution in [2.45, 2.75) is 13.8 Å². The predicted octanol–water partition coefficient (Wildman–Crippen LogP) is 0.964. The van der Waals surface area contributed by atoms with Crippen molar-refractivity contribution < 1.29 is 0 Å². The van der Waals surface area contributed by atoms with Gasteiger partial charge in [-0.3, -0.25) is 4.79 Å². The molecule has 0 aliphatic carbocycles. The molecule has 0 spiro atoms. The molecule has 1 rings (SSSR count). The molecule has 0 saturated carbocycles. The Kier molecular flexibility index (Phi) is 4.32. The van der Waals surface area contributed by atoms with Crippen molar-refractivity contribution in [3.63, 3.8) is 0 Å². The maximum Gasteiger partial charge on any atom is 0.282 e. The highest BCUT2D eigenvalue weighted by Crippen LogP contribution is 2.24. The number of hydrogen-bond acceptors (Lipinski definition) is 4. The first kappa shape index (κ1) is 14.2. The maximum absolute atomic E-state index is 11.7. The molecule has 0 unspecified atom stereocenters. The number of rotatable bonds is 4. The normalized spacial score (nSPS) is 11.6. The average molecular weight is 303 g/mol. The van der Waals surface area contributed by atoms with Crippen LogP contribution in [-0.2, 0) is 7.05 Å². The first-order valence-electron chi connectivity index (χ1n) is 5.41. The van der Waals surface area contributed by atoms with Gasteiger partial charge in [-0.1, -0.05) is 13.8 Å². The molecule has 0 bridgehead atoms. The van der Waals surface area contributed by atoms with Gasteiger partial charge in [-0.2, -0.15) is 5.10 Å². The van der Waals surface area contributed by atoms with Crippen LogP contribution in [0.1, 0.15) is 13.8 Å². The van der Waals surface area contributed by atoms with Gasteiger partial charge in [-0.25, -0.2) is 4.68 Å². The van der Waals surface area contributed by atoms with Crippen LogP contribution in [0.3, 0.4) is 0 Å². The summed E-state index contributed by atoms with van der Waals surface area (Å²) in [7, 11) is 3.55. The monoisotopic (exact) mass is 302 g/mol. The van der Waals surface area contributed by atoms with Crippen LogP contribution < -0.4 is 16.2 Å². The Morgan fingerprint density at radius 1 is 1.59 bits per heavy atom. The number of aromatic nitrogens is 2. The molecule has 1 aromatic rings. The second-order valence-corrected chi connectivity index (χ2v) is 5.79. The third-order valence-corrected chi connectivity index (χ3v) is 3.43. The van der Waals surface area contributed by atoms with Gasteiger partial charge >= 0.3 is 0 Å². The summed E-state index contributed by atoms with van der Waals surface area (Å²) in [4.78, 5) is 13.7. The predicted molar refractivity (Wildman–Crippen MR) is 73.3 cm³/mol. The third kappa shape index (κ3) is 3.29. The summed E-state index contributed by atoms with van der Waals surface area (Å²) in [6, 6.07) is 0. The zero-order valence-corrected chi connectivity index (χ0v) is 12.3. The SMILES string of the molecule is CN(CC(C)(C)CN)c1cnn(C)c(=O)c1Br. The van der Waals surface area contributed by atoms with E-state index in [-0.39, 0.29) is 11.0 Å². The molecule has 2 N–H and O–H groups in total. The van der Waals surface area contributed by atoms with E-state index in [1.54, 1.807) is 13.2 Å². The molecule has 6 heteroatoms. The lowest BCUT2D eigenvalue weighted by atomic mass is 9.93. The fraction of sp³-hybridized carbons (Fsp3) is 0.636. The molecule has 96 valence electrons. The quantitative estimate of drug-likeness (QED) is 0.900. The minimum absolute atomic E-state index is 0.00470. The largest absolute Gasteiger partial charge is 0.372 e. The molecule has 0 saturated heterocycles. The van der Waals surface area contributed by atoms with Crippen molar-refractivity contribution in [2.75, 3.05) is 25.0 Å². The molecule has 1 aromatic heterocycles. The lowest BCUT2D eigenvalue weighted by molar-refractivity contribution is 0.384. The number of halogens is 1. The second-order valence-electron chi connectivity index (χ2n) is 5.00. The topological polar surface area (TPSA) is 64.2 Å². The summed E-state index contributed by atoms with van der Waals surface area (Å²) in [5.41, 5.74) is 6.35. The van der Waals surface area contributed by atoms with E-state index in [1.165, 1.54) is 4.68 Å². The van der Waals surface area contributed by atoms with Gasteiger partial charge in [0.25, 0.3) is 5.56 Å². The molecular formula is C11H19BrN4O. The molecule has 0 aliphatic heterocycles. The van der Waals surface area contributed by atoms with Crippen molar-refractivity contribution in [3.05, 3.63) is 21.0 Å². The highest BCUT2D eigenvalue weighted by Gasteiger charge is 2.20. The molecule has 0 aromatic carbocycles. The summed E-state index contributed by atoms with van der Waals surface area (Å²) >= 11 is 3.31. The maximum atomic E-state index is 11.7. The second kappa shape index (κ2) is 5.18. The van der Waals surface area contributed by atoms with Crippen LogP contribution in [-0.4, -0.2) is 29.9 Å². The standard InChI is InChI=1S/C11H19BrN4O/c1-11(2,6-13)7-15(3)8-5-14-16(4)10(17)9(8)12/h5H,6-7,13H2,1-4H3. The third-order valence-electron chi connectivity index (χ3n) is 2.69. The van der Waals surface area contributed by atoms with Gasteiger partial charge in [0.1, 0.15) is 4.47 Å². The van der Waals surface area contributed by atoms with Gasteiger partial charge in [0, 0.05) is 20.6 Å². The van der Waals surface area contributed by atoms with Crippen LogP contribution in [0, 0.1) is 5.41 Å². The number of nitrogens with zero attached hydrogens (tertiary/aromatic N) is 3. The first-order valence-corrected chi connectivity index (χ1v) is 6.21. The van der Waals surface area contributed by atoms with E-state index in [0.717, 1.165) is 12.2 Å². The number of hydrogen-bond donors (Lipinski definition) is 1. The Balaban J connectivity index is 3.02. The van der Waals surface area contributed by atoms with Crippen LogP contribution in [0.25, 0.3) is 0 Å². The van der Waals surface area contributed by atoms with Crippen molar-refractivity contribution in [1.82, 2.24) is 9.78 Å². The Labute approximate surface area is 110 Å². The minimum atomic E-state index is -0.139. The Morgan fingerprint density at radius 2 is 2.18 bits per heavy atom. The van der Waals surface area contributed by atoms with Crippen molar-refractivity contribution in [2.24, 2.45) is 18.2 Å². The van der Waals surface area contributed by atoms with Gasteiger partial charge in [-0.05, 0) is 27.9 Å². The summed E-state index contributed by atoms with van der Waals surface area (Å²) in [6.45, 7) is 5.53. The first-order chi connectivity index (χ1) is 7.78. The Hall–Kier alpha value is -0.880. The summed E-state index contributed by atoms with van der Waals surface area (Å²) in [6.07, 6.45) is 1.68. The van der Waals surface area contributed by atoms with Gasteiger partial charge in [0.05, 0.1) is 11.9 Å². The van der Waals surface area contributed by atoms with Crippen LogP contribution in [0.2, 0.25) is 0 Å². The highest BCUT2D eigenvalue weighted by atomic mass is 79.9. The molecule has 5 nitrogen and oxygen atoms in total. The van der Waals surface area contributed by atoms with Crippen LogP contribution >= 0.6 is 15.9 Å². The van der Waals surface area contributed by atoms with E-state index in [0.29, 0.717) is 11.0 Å². The van der Waals surface area contributed by atoms with E-state index in [1.807, 2.05) is 11.9 Å². The van der Waals surface area contributed by atoms with Gasteiger partial charge in [-0.15, -0.1) is 0 Å². The number of aryl methyl sites for hydroxylation is 1. The molecule has 17 heavy (non-hydrogen) atoms. The summed E-state index contributed by atoms with van der Waals surface area (Å²) in [5, 5.41) is 4.02. The van der Waals surface area contributed by atoms with Crippen molar-refractivity contribution in [1.29, 1.82) is 0 Å². The summed E-state index contributed by atoms with van der Waals surface area (Å²) < 4.78 is 1.83. The number of nitrogens with two attached hydrogens (primary N) is 1. The van der Waals surface area contributed by atoms with E-state index in [4.69, 9.17) is 5.73 Å². The zero-order valence-electron chi connectivity index (χ0n) is 10.7. The Bertz CT molecular complexity index is 455. The molecule has 0 fully saturated rings. The fourth-order valence-electron chi connectivity index (χ4n) is 1.56. The summed E-state index contributed by atoms with van der Waals surface area (Å²) in [5.74, 6) is 0. The van der Waals surface area contributed by atoms with Gasteiger partial charge in [0.15, 0.2) is 0 Å². The zero-order chi connectivity index (χ0) is 13.2. The van der Waals surface area contributed by atoms with Crippen molar-refractivity contribution >= 4 is 21.6 Å². The van der Waals surface area contributed by atoms with Crippen LogP contribution in [0.5, 0.6) is 0 Å². The lowest BCUT2D eigenvalue weighted by Gasteiger charge is -2.30. The van der Waals surface area contributed by atoms with Gasteiger partial charge < -0.3 is 10.6 Å².